The van der Waals surface area contributed by atoms with E-state index in [4.69, 9.17) is 10.5 Å². The maximum absolute atomic E-state index is 10.1. The summed E-state index contributed by atoms with van der Waals surface area (Å²) in [5.74, 6) is 0.960. The Balaban J connectivity index is 2.65. The van der Waals surface area contributed by atoms with E-state index >= 15 is 0 Å². The molecule has 1 heterocycles. The minimum absolute atomic E-state index is 0.0416. The average Bonchev–Trinajstić information content (AvgIpc) is 2.59. The van der Waals surface area contributed by atoms with Crippen molar-refractivity contribution in [1.82, 2.24) is 9.78 Å². The molecule has 90 valence electrons. The lowest BCUT2D eigenvalue weighted by Gasteiger charge is -2.08. The largest absolute Gasteiger partial charge is 0.504 e. The van der Waals surface area contributed by atoms with Crippen molar-refractivity contribution in [2.24, 2.45) is 7.05 Å². The molecule has 2 aromatic rings. The zero-order valence-corrected chi connectivity index (χ0v) is 11.0. The first-order valence-corrected chi connectivity index (χ1v) is 5.69. The first-order chi connectivity index (χ1) is 8.04. The summed E-state index contributed by atoms with van der Waals surface area (Å²) < 4.78 is 7.34. The summed E-state index contributed by atoms with van der Waals surface area (Å²) in [6, 6.07) is 5.16. The van der Waals surface area contributed by atoms with Crippen molar-refractivity contribution < 1.29 is 9.84 Å². The third kappa shape index (κ3) is 1.95. The Labute approximate surface area is 107 Å². The Morgan fingerprint density at radius 3 is 2.71 bits per heavy atom. The normalized spacial score (nSPS) is 10.5. The van der Waals surface area contributed by atoms with Crippen LogP contribution in [0.4, 0.5) is 5.82 Å². The van der Waals surface area contributed by atoms with Crippen LogP contribution in [-0.4, -0.2) is 22.0 Å². The smallest absolute Gasteiger partial charge is 0.168 e. The number of hydrogen-bond donors (Lipinski definition) is 2. The van der Waals surface area contributed by atoms with Crippen LogP contribution in [0.3, 0.4) is 0 Å². The summed E-state index contributed by atoms with van der Waals surface area (Å²) in [4.78, 5) is 0. The molecule has 0 fully saturated rings. The number of benzene rings is 1. The zero-order chi connectivity index (χ0) is 12.6. The second-order valence-corrected chi connectivity index (χ2v) is 4.41. The number of nitrogens with zero attached hydrogens (tertiary/aromatic N) is 2. The second-order valence-electron chi connectivity index (χ2n) is 3.55. The molecule has 3 N–H and O–H groups in total. The highest BCUT2D eigenvalue weighted by Gasteiger charge is 2.16. The van der Waals surface area contributed by atoms with Crippen molar-refractivity contribution in [2.75, 3.05) is 12.8 Å². The number of rotatable bonds is 2. The van der Waals surface area contributed by atoms with Gasteiger partial charge in [0.2, 0.25) is 0 Å². The van der Waals surface area contributed by atoms with Crippen LogP contribution in [0.15, 0.2) is 22.7 Å². The lowest BCUT2D eigenvalue weighted by atomic mass is 10.1. The van der Waals surface area contributed by atoms with Crippen LogP contribution in [0.1, 0.15) is 0 Å². The number of methoxy groups -OCH3 is 1. The van der Waals surface area contributed by atoms with Gasteiger partial charge in [0.25, 0.3) is 0 Å². The zero-order valence-electron chi connectivity index (χ0n) is 9.44. The van der Waals surface area contributed by atoms with Crippen molar-refractivity contribution in [1.29, 1.82) is 0 Å². The number of nitrogen functional groups attached to an aromatic ring is 1. The number of ether oxygens (including phenoxy) is 1. The lowest BCUT2D eigenvalue weighted by molar-refractivity contribution is 0.374. The molecule has 0 bridgehead atoms. The van der Waals surface area contributed by atoms with E-state index in [-0.39, 0.29) is 5.75 Å². The molecular formula is C11H12BrN3O2. The minimum Gasteiger partial charge on any atom is -0.504 e. The summed E-state index contributed by atoms with van der Waals surface area (Å²) in [5, 5.41) is 14.3. The van der Waals surface area contributed by atoms with Crippen LogP contribution in [0.2, 0.25) is 0 Å². The molecule has 0 aliphatic heterocycles. The number of aromatic hydroxyl groups is 1. The third-order valence-electron chi connectivity index (χ3n) is 2.48. The molecule has 0 atom stereocenters. The fourth-order valence-electron chi connectivity index (χ4n) is 1.56. The van der Waals surface area contributed by atoms with Crippen LogP contribution in [0.25, 0.3) is 11.3 Å². The summed E-state index contributed by atoms with van der Waals surface area (Å²) >= 11 is 3.38. The first-order valence-electron chi connectivity index (χ1n) is 4.90. The molecular weight excluding hydrogens is 286 g/mol. The highest BCUT2D eigenvalue weighted by Crippen LogP contribution is 2.41. The van der Waals surface area contributed by atoms with E-state index in [1.54, 1.807) is 29.9 Å². The van der Waals surface area contributed by atoms with Gasteiger partial charge in [0.1, 0.15) is 5.82 Å². The molecule has 2 rings (SSSR count). The van der Waals surface area contributed by atoms with E-state index in [1.165, 1.54) is 7.11 Å². The van der Waals surface area contributed by atoms with Crippen molar-refractivity contribution in [2.45, 2.75) is 0 Å². The molecule has 0 spiro atoms. The van der Waals surface area contributed by atoms with Crippen LogP contribution in [-0.2, 0) is 7.05 Å². The third-order valence-corrected chi connectivity index (χ3v) is 3.14. The van der Waals surface area contributed by atoms with Gasteiger partial charge in [0, 0.05) is 17.6 Å². The summed E-state index contributed by atoms with van der Waals surface area (Å²) in [6.07, 6.45) is 0. The van der Waals surface area contributed by atoms with Crippen molar-refractivity contribution in [3.63, 3.8) is 0 Å². The number of nitrogens with two attached hydrogens (primary N) is 1. The van der Waals surface area contributed by atoms with E-state index < -0.39 is 0 Å². The molecule has 0 unspecified atom stereocenters. The molecule has 5 nitrogen and oxygen atoms in total. The summed E-state index contributed by atoms with van der Waals surface area (Å²) in [5.41, 5.74) is 6.88. The Morgan fingerprint density at radius 2 is 2.18 bits per heavy atom. The average molecular weight is 298 g/mol. The lowest BCUT2D eigenvalue weighted by Crippen LogP contribution is -1.96. The van der Waals surface area contributed by atoms with Crippen molar-refractivity contribution in [3.05, 3.63) is 22.7 Å². The van der Waals surface area contributed by atoms with Gasteiger partial charge in [-0.25, -0.2) is 0 Å². The highest BCUT2D eigenvalue weighted by molar-refractivity contribution is 9.10. The van der Waals surface area contributed by atoms with Gasteiger partial charge in [-0.05, 0) is 28.1 Å². The van der Waals surface area contributed by atoms with E-state index in [0.717, 1.165) is 4.47 Å². The van der Waals surface area contributed by atoms with Gasteiger partial charge in [0.15, 0.2) is 11.5 Å². The van der Waals surface area contributed by atoms with Gasteiger partial charge >= 0.3 is 0 Å². The SMILES string of the molecule is COc1ccc(Br)c(-c2cc(N)n(C)n2)c1O. The molecule has 1 aromatic heterocycles. The fraction of sp³-hybridized carbons (Fsp3) is 0.182. The monoisotopic (exact) mass is 297 g/mol. The van der Waals surface area contributed by atoms with Gasteiger partial charge < -0.3 is 15.6 Å². The van der Waals surface area contributed by atoms with Crippen molar-refractivity contribution >= 4 is 21.7 Å². The van der Waals surface area contributed by atoms with Gasteiger partial charge in [-0.15, -0.1) is 0 Å². The molecule has 0 amide bonds. The van der Waals surface area contributed by atoms with Crippen LogP contribution in [0.5, 0.6) is 11.5 Å². The Bertz CT molecular complexity index is 547. The number of phenolic OH excluding ortho intramolecular Hbond substituents is 1. The maximum Gasteiger partial charge on any atom is 0.168 e. The van der Waals surface area contributed by atoms with Crippen molar-refractivity contribution in [3.8, 4) is 22.8 Å². The number of halogens is 1. The Hall–Kier alpha value is -1.69. The molecule has 1 aromatic carbocycles. The van der Waals surface area contributed by atoms with Gasteiger partial charge in [-0.3, -0.25) is 4.68 Å². The number of hydrogen-bond acceptors (Lipinski definition) is 4. The molecule has 0 saturated carbocycles. The Kier molecular flexibility index (Phi) is 2.97. The topological polar surface area (TPSA) is 73.3 Å². The first kappa shape index (κ1) is 11.8. The standard InChI is InChI=1S/C11H12BrN3O2/c1-15-9(13)5-7(14-15)10-6(12)3-4-8(17-2)11(10)16/h3-5,16H,13H2,1-2H3. The quantitative estimate of drug-likeness (QED) is 0.891. The Morgan fingerprint density at radius 1 is 1.47 bits per heavy atom. The fourth-order valence-corrected chi connectivity index (χ4v) is 2.08. The van der Waals surface area contributed by atoms with E-state index in [0.29, 0.717) is 22.8 Å². The maximum atomic E-state index is 10.1. The number of phenols is 1. The van der Waals surface area contributed by atoms with E-state index in [1.807, 2.05) is 0 Å². The van der Waals surface area contributed by atoms with Crippen LogP contribution in [0, 0.1) is 0 Å². The predicted molar refractivity (Wildman–Crippen MR) is 69.0 cm³/mol. The second kappa shape index (κ2) is 4.29. The minimum atomic E-state index is 0.0416. The van der Waals surface area contributed by atoms with Gasteiger partial charge in [0.05, 0.1) is 18.4 Å². The van der Waals surface area contributed by atoms with Crippen LogP contribution >= 0.6 is 15.9 Å². The molecule has 0 aliphatic rings. The number of anilines is 1. The molecule has 0 saturated heterocycles. The molecule has 0 radical (unpaired) electrons. The number of aryl methyl sites for hydroxylation is 1. The molecule has 6 heteroatoms. The summed E-state index contributed by atoms with van der Waals surface area (Å²) in [7, 11) is 3.24. The highest BCUT2D eigenvalue weighted by atomic mass is 79.9. The summed E-state index contributed by atoms with van der Waals surface area (Å²) in [6.45, 7) is 0. The van der Waals surface area contributed by atoms with E-state index in [2.05, 4.69) is 21.0 Å². The van der Waals surface area contributed by atoms with E-state index in [9.17, 15) is 5.11 Å². The predicted octanol–water partition coefficient (Wildman–Crippen LogP) is 2.15. The number of aromatic nitrogens is 2. The van der Waals surface area contributed by atoms with Gasteiger partial charge in [-0.2, -0.15) is 5.10 Å². The molecule has 17 heavy (non-hydrogen) atoms. The molecule has 0 aliphatic carbocycles. The van der Waals surface area contributed by atoms with Gasteiger partial charge in [-0.1, -0.05) is 0 Å². The van der Waals surface area contributed by atoms with Crippen LogP contribution < -0.4 is 10.5 Å².